The Hall–Kier alpha value is -3.24. The van der Waals surface area contributed by atoms with Crippen LogP contribution in [0.5, 0.6) is 0 Å². The zero-order chi connectivity index (χ0) is 21.2. The van der Waals surface area contributed by atoms with Crippen molar-refractivity contribution in [2.75, 3.05) is 17.8 Å². The van der Waals surface area contributed by atoms with Gasteiger partial charge in [0.25, 0.3) is 11.8 Å². The molecule has 0 aromatic heterocycles. The second-order valence-electron chi connectivity index (χ2n) is 6.67. The molecule has 0 saturated carbocycles. The highest BCUT2D eigenvalue weighted by molar-refractivity contribution is 7.89. The molecule has 152 valence electrons. The van der Waals surface area contributed by atoms with E-state index in [4.69, 9.17) is 0 Å². The van der Waals surface area contributed by atoms with Gasteiger partial charge in [0.2, 0.25) is 10.0 Å². The van der Waals surface area contributed by atoms with Crippen molar-refractivity contribution in [1.82, 2.24) is 10.0 Å². The summed E-state index contributed by atoms with van der Waals surface area (Å²) in [7, 11) is -2.19. The van der Waals surface area contributed by atoms with E-state index in [1.165, 1.54) is 25.2 Å². The number of nitrogens with one attached hydrogen (secondary N) is 4. The first-order valence-corrected chi connectivity index (χ1v) is 10.3. The lowest BCUT2D eigenvalue weighted by Crippen LogP contribution is -2.30. The molecule has 2 amide bonds. The molecule has 1 aliphatic rings. The quantitative estimate of drug-likeness (QED) is 0.532. The molecule has 10 heteroatoms. The molecule has 4 N–H and O–H groups in total. The lowest BCUT2D eigenvalue weighted by atomic mass is 10.1. The van der Waals surface area contributed by atoms with Crippen molar-refractivity contribution in [1.29, 1.82) is 0 Å². The second-order valence-corrected chi connectivity index (χ2v) is 8.38. The lowest BCUT2D eigenvalue weighted by molar-refractivity contribution is -0.110. The Morgan fingerprint density at radius 3 is 2.59 bits per heavy atom. The normalized spacial score (nSPS) is 14.6. The first kappa shape index (κ1) is 20.5. The van der Waals surface area contributed by atoms with Gasteiger partial charge in [-0.3, -0.25) is 15.0 Å². The standard InChI is InChI=1S/C19H21N5O4S/c1-11(2)24-29(27,28)14-7-8-16-15(10-14)17(19(26)21-16)23-22-13-6-4-5-12(9-13)18(25)20-3/h4-11,22,24H,1-3H3,(H,20,25)(H,21,23,26). The minimum Gasteiger partial charge on any atom is -0.355 e. The molecule has 1 heterocycles. The van der Waals surface area contributed by atoms with Crippen molar-refractivity contribution >= 4 is 38.9 Å². The molecule has 2 aromatic carbocycles. The number of hydrazone groups is 1. The van der Waals surface area contributed by atoms with Crippen LogP contribution < -0.4 is 20.8 Å². The molecule has 0 fully saturated rings. The zero-order valence-electron chi connectivity index (χ0n) is 16.1. The van der Waals surface area contributed by atoms with E-state index in [-0.39, 0.29) is 22.6 Å². The van der Waals surface area contributed by atoms with E-state index in [9.17, 15) is 18.0 Å². The molecule has 0 aliphatic carbocycles. The van der Waals surface area contributed by atoms with Gasteiger partial charge in [0, 0.05) is 24.2 Å². The van der Waals surface area contributed by atoms with Gasteiger partial charge >= 0.3 is 0 Å². The number of sulfonamides is 1. The molecule has 29 heavy (non-hydrogen) atoms. The molecule has 0 bridgehead atoms. The number of benzene rings is 2. The smallest absolute Gasteiger partial charge is 0.276 e. The minimum atomic E-state index is -3.72. The van der Waals surface area contributed by atoms with Crippen LogP contribution in [0, 0.1) is 0 Å². The largest absolute Gasteiger partial charge is 0.355 e. The number of fused-ring (bicyclic) bond motifs is 1. The summed E-state index contributed by atoms with van der Waals surface area (Å²) in [5.41, 5.74) is 4.58. The third-order valence-electron chi connectivity index (χ3n) is 4.06. The van der Waals surface area contributed by atoms with E-state index >= 15 is 0 Å². The predicted octanol–water partition coefficient (Wildman–Crippen LogP) is 1.50. The van der Waals surface area contributed by atoms with Crippen molar-refractivity contribution in [2.24, 2.45) is 5.10 Å². The van der Waals surface area contributed by atoms with E-state index in [0.29, 0.717) is 22.5 Å². The highest BCUT2D eigenvalue weighted by Gasteiger charge is 2.28. The Bertz CT molecular complexity index is 1110. The number of carbonyl (C=O) groups excluding carboxylic acids is 2. The molecular weight excluding hydrogens is 394 g/mol. The van der Waals surface area contributed by atoms with Crippen molar-refractivity contribution in [3.05, 3.63) is 53.6 Å². The number of carbonyl (C=O) groups is 2. The first-order valence-electron chi connectivity index (χ1n) is 8.85. The van der Waals surface area contributed by atoms with Crippen LogP contribution in [0.1, 0.15) is 29.8 Å². The summed E-state index contributed by atoms with van der Waals surface area (Å²) in [6, 6.07) is 10.7. The number of nitrogens with zero attached hydrogens (tertiary/aromatic N) is 1. The Kier molecular flexibility index (Phi) is 5.66. The van der Waals surface area contributed by atoms with Gasteiger partial charge in [-0.05, 0) is 50.2 Å². The summed E-state index contributed by atoms with van der Waals surface area (Å²) in [6.45, 7) is 3.44. The summed E-state index contributed by atoms with van der Waals surface area (Å²) >= 11 is 0. The molecular formula is C19H21N5O4S. The Balaban J connectivity index is 1.92. The fourth-order valence-corrected chi connectivity index (χ4v) is 4.06. The van der Waals surface area contributed by atoms with Crippen LogP contribution in [-0.2, 0) is 14.8 Å². The minimum absolute atomic E-state index is 0.0377. The molecule has 0 unspecified atom stereocenters. The molecule has 3 rings (SSSR count). The van der Waals surface area contributed by atoms with Crippen LogP contribution in [0.25, 0.3) is 0 Å². The molecule has 0 spiro atoms. The molecule has 0 saturated heterocycles. The summed E-state index contributed by atoms with van der Waals surface area (Å²) in [6.07, 6.45) is 0. The maximum atomic E-state index is 12.4. The molecule has 0 radical (unpaired) electrons. The number of rotatable bonds is 6. The lowest BCUT2D eigenvalue weighted by Gasteiger charge is -2.10. The van der Waals surface area contributed by atoms with E-state index < -0.39 is 15.9 Å². The Labute approximate surface area is 168 Å². The SMILES string of the molecule is CNC(=O)c1cccc(N/N=C2\C(=O)Nc3ccc(S(=O)(=O)NC(C)C)cc32)c1. The average molecular weight is 415 g/mol. The van der Waals surface area contributed by atoms with Gasteiger partial charge in [-0.2, -0.15) is 5.10 Å². The van der Waals surface area contributed by atoms with E-state index in [1.807, 2.05) is 0 Å². The number of amides is 2. The average Bonchev–Trinajstić information content (AvgIpc) is 2.99. The first-order chi connectivity index (χ1) is 13.7. The van der Waals surface area contributed by atoms with Crippen LogP contribution in [0.4, 0.5) is 11.4 Å². The van der Waals surface area contributed by atoms with E-state index in [2.05, 4.69) is 25.9 Å². The highest BCUT2D eigenvalue weighted by Crippen LogP contribution is 2.27. The van der Waals surface area contributed by atoms with Gasteiger partial charge in [0.1, 0.15) is 0 Å². The third-order valence-corrected chi connectivity index (χ3v) is 5.72. The Morgan fingerprint density at radius 2 is 1.90 bits per heavy atom. The number of hydrogen-bond acceptors (Lipinski definition) is 6. The van der Waals surface area contributed by atoms with Crippen LogP contribution in [0.15, 0.2) is 52.5 Å². The summed E-state index contributed by atoms with van der Waals surface area (Å²) < 4.78 is 27.4. The molecule has 9 nitrogen and oxygen atoms in total. The number of hydrogen-bond donors (Lipinski definition) is 4. The van der Waals surface area contributed by atoms with Crippen molar-refractivity contribution < 1.29 is 18.0 Å². The summed E-state index contributed by atoms with van der Waals surface area (Å²) in [5, 5.41) is 9.32. The Morgan fingerprint density at radius 1 is 1.14 bits per heavy atom. The fraction of sp³-hybridized carbons (Fsp3) is 0.211. The van der Waals surface area contributed by atoms with Crippen LogP contribution in [-0.4, -0.2) is 39.0 Å². The van der Waals surface area contributed by atoms with Crippen molar-refractivity contribution in [3.8, 4) is 0 Å². The number of anilines is 2. The van der Waals surface area contributed by atoms with Crippen LogP contribution in [0.3, 0.4) is 0 Å². The second kappa shape index (κ2) is 8.02. The summed E-state index contributed by atoms with van der Waals surface area (Å²) in [5.74, 6) is -0.709. The predicted molar refractivity (Wildman–Crippen MR) is 111 cm³/mol. The highest BCUT2D eigenvalue weighted by atomic mass is 32.2. The van der Waals surface area contributed by atoms with Crippen molar-refractivity contribution in [2.45, 2.75) is 24.8 Å². The third kappa shape index (κ3) is 4.44. The maximum Gasteiger partial charge on any atom is 0.276 e. The van der Waals surface area contributed by atoms with Crippen LogP contribution in [0.2, 0.25) is 0 Å². The zero-order valence-corrected chi connectivity index (χ0v) is 16.9. The van der Waals surface area contributed by atoms with Crippen LogP contribution >= 0.6 is 0 Å². The topological polar surface area (TPSA) is 129 Å². The van der Waals surface area contributed by atoms with E-state index in [0.717, 1.165) is 0 Å². The van der Waals surface area contributed by atoms with Gasteiger partial charge < -0.3 is 10.6 Å². The molecule has 0 atom stereocenters. The van der Waals surface area contributed by atoms with Gasteiger partial charge in [0.05, 0.1) is 16.3 Å². The van der Waals surface area contributed by atoms with Gasteiger partial charge in [0.15, 0.2) is 5.71 Å². The van der Waals surface area contributed by atoms with E-state index in [1.54, 1.807) is 38.1 Å². The molecule has 2 aromatic rings. The molecule has 1 aliphatic heterocycles. The van der Waals surface area contributed by atoms with Crippen molar-refractivity contribution in [3.63, 3.8) is 0 Å². The van der Waals surface area contributed by atoms with Gasteiger partial charge in [-0.1, -0.05) is 6.07 Å². The van der Waals surface area contributed by atoms with Gasteiger partial charge in [-0.15, -0.1) is 0 Å². The fourth-order valence-electron chi connectivity index (χ4n) is 2.78. The van der Waals surface area contributed by atoms with Gasteiger partial charge in [-0.25, -0.2) is 13.1 Å². The monoisotopic (exact) mass is 415 g/mol. The maximum absolute atomic E-state index is 12.4. The summed E-state index contributed by atoms with van der Waals surface area (Å²) in [4.78, 5) is 24.1.